The van der Waals surface area contributed by atoms with Crippen LogP contribution in [0.4, 0.5) is 0 Å². The molecule has 0 aliphatic carbocycles. The number of nitriles is 1. The molecule has 0 saturated heterocycles. The summed E-state index contributed by atoms with van der Waals surface area (Å²) in [6.45, 7) is 11.0. The normalized spacial score (nSPS) is 12.3. The van der Waals surface area contributed by atoms with Gasteiger partial charge in [0.05, 0.1) is 25.7 Å². The fourth-order valence-corrected chi connectivity index (χ4v) is 3.64. The van der Waals surface area contributed by atoms with Gasteiger partial charge >= 0.3 is 0 Å². The molecule has 2 atom stereocenters. The lowest BCUT2D eigenvalue weighted by molar-refractivity contribution is -0.166. The van der Waals surface area contributed by atoms with Gasteiger partial charge in [-0.1, -0.05) is 51.6 Å². The number of allylic oxidation sites excluding steroid dienone is 1. The highest BCUT2D eigenvalue weighted by atomic mass is 16.7. The fourth-order valence-electron chi connectivity index (χ4n) is 3.64. The zero-order chi connectivity index (χ0) is 26.2. The summed E-state index contributed by atoms with van der Waals surface area (Å²) in [5.41, 5.74) is 2.18. The van der Waals surface area contributed by atoms with Gasteiger partial charge in [0.1, 0.15) is 12.0 Å². The maximum atomic E-state index is 12.6. The van der Waals surface area contributed by atoms with Crippen LogP contribution in [0.15, 0.2) is 36.6 Å². The van der Waals surface area contributed by atoms with Gasteiger partial charge in [-0.05, 0) is 23.5 Å². The van der Waals surface area contributed by atoms with Gasteiger partial charge in [0.2, 0.25) is 5.91 Å². The molecule has 8 heteroatoms. The van der Waals surface area contributed by atoms with Gasteiger partial charge < -0.3 is 19.7 Å². The molecule has 2 unspecified atom stereocenters. The summed E-state index contributed by atoms with van der Waals surface area (Å²) >= 11 is 0. The number of aldehydes is 1. The van der Waals surface area contributed by atoms with E-state index in [9.17, 15) is 14.4 Å². The first-order valence-electron chi connectivity index (χ1n) is 12.1. The van der Waals surface area contributed by atoms with Crippen LogP contribution in [0.2, 0.25) is 0 Å². The SMILES string of the molecule is C=C(CCCC(=O)NC(C(C)C)C(C)c1ccc(COCCC#N)cc1)ON(C)C(=O)CCC=O. The van der Waals surface area contributed by atoms with Gasteiger partial charge in [0.15, 0.2) is 0 Å². The summed E-state index contributed by atoms with van der Waals surface area (Å²) in [5.74, 6) is 0.417. The van der Waals surface area contributed by atoms with E-state index in [4.69, 9.17) is 14.8 Å². The Balaban J connectivity index is 2.51. The Morgan fingerprint density at radius 1 is 1.17 bits per heavy atom. The number of carbonyl (C=O) groups is 3. The van der Waals surface area contributed by atoms with Crippen LogP contribution in [0, 0.1) is 17.2 Å². The fraction of sp³-hybridized carbons (Fsp3) is 0.556. The van der Waals surface area contributed by atoms with Crippen LogP contribution < -0.4 is 5.32 Å². The molecular formula is C27H39N3O5. The Bertz CT molecular complexity index is 861. The van der Waals surface area contributed by atoms with Crippen molar-refractivity contribution in [3.05, 3.63) is 47.7 Å². The summed E-state index contributed by atoms with van der Waals surface area (Å²) in [6.07, 6.45) is 2.61. The molecular weight excluding hydrogens is 446 g/mol. The lowest BCUT2D eigenvalue weighted by atomic mass is 9.86. The number of hydroxylamine groups is 2. The number of hydrogen-bond donors (Lipinski definition) is 1. The quantitative estimate of drug-likeness (QED) is 0.151. The van der Waals surface area contributed by atoms with Crippen molar-refractivity contribution in [3.63, 3.8) is 0 Å². The van der Waals surface area contributed by atoms with Crippen LogP contribution in [0.5, 0.6) is 0 Å². The maximum Gasteiger partial charge on any atom is 0.255 e. The first kappa shape index (κ1) is 29.9. The lowest BCUT2D eigenvalue weighted by Gasteiger charge is -2.29. The number of nitrogens with one attached hydrogen (secondary N) is 1. The lowest BCUT2D eigenvalue weighted by Crippen LogP contribution is -2.42. The molecule has 35 heavy (non-hydrogen) atoms. The van der Waals surface area contributed by atoms with E-state index < -0.39 is 0 Å². The Morgan fingerprint density at radius 2 is 1.86 bits per heavy atom. The van der Waals surface area contributed by atoms with Crippen LogP contribution >= 0.6 is 0 Å². The topological polar surface area (TPSA) is 109 Å². The maximum absolute atomic E-state index is 12.6. The van der Waals surface area contributed by atoms with Crippen LogP contribution in [-0.2, 0) is 30.6 Å². The molecule has 0 aliphatic rings. The highest BCUT2D eigenvalue weighted by molar-refractivity contribution is 5.77. The Labute approximate surface area is 209 Å². The number of amides is 2. The van der Waals surface area contributed by atoms with E-state index >= 15 is 0 Å². The molecule has 0 heterocycles. The summed E-state index contributed by atoms with van der Waals surface area (Å²) in [5, 5.41) is 12.8. The highest BCUT2D eigenvalue weighted by Gasteiger charge is 2.24. The molecule has 0 radical (unpaired) electrons. The summed E-state index contributed by atoms with van der Waals surface area (Å²) in [6, 6.07) is 10.2. The molecule has 8 nitrogen and oxygen atoms in total. The van der Waals surface area contributed by atoms with Crippen molar-refractivity contribution >= 4 is 18.1 Å². The molecule has 0 fully saturated rings. The van der Waals surface area contributed by atoms with Crippen molar-refractivity contribution in [1.29, 1.82) is 5.26 Å². The Morgan fingerprint density at radius 3 is 2.46 bits per heavy atom. The van der Waals surface area contributed by atoms with Crippen molar-refractivity contribution in [3.8, 4) is 6.07 Å². The number of ether oxygens (including phenoxy) is 1. The van der Waals surface area contributed by atoms with E-state index in [1.54, 1.807) is 0 Å². The molecule has 1 N–H and O–H groups in total. The number of benzene rings is 1. The smallest absolute Gasteiger partial charge is 0.255 e. The first-order valence-corrected chi connectivity index (χ1v) is 12.1. The number of carbonyl (C=O) groups excluding carboxylic acids is 3. The second-order valence-electron chi connectivity index (χ2n) is 8.91. The van der Waals surface area contributed by atoms with Crippen molar-refractivity contribution < 1.29 is 24.0 Å². The Kier molecular flexibility index (Phi) is 14.0. The van der Waals surface area contributed by atoms with Crippen LogP contribution in [-0.4, -0.2) is 42.9 Å². The van der Waals surface area contributed by atoms with Gasteiger partial charge in [0.25, 0.3) is 5.91 Å². The molecule has 1 aromatic carbocycles. The van der Waals surface area contributed by atoms with E-state index in [0.29, 0.717) is 50.9 Å². The molecule has 0 aromatic heterocycles. The summed E-state index contributed by atoms with van der Waals surface area (Å²) < 4.78 is 5.47. The predicted molar refractivity (Wildman–Crippen MR) is 134 cm³/mol. The molecule has 192 valence electrons. The van der Waals surface area contributed by atoms with E-state index in [2.05, 4.69) is 50.9 Å². The molecule has 1 rings (SSSR count). The van der Waals surface area contributed by atoms with E-state index in [1.165, 1.54) is 7.05 Å². The van der Waals surface area contributed by atoms with Gasteiger partial charge in [0, 0.05) is 44.7 Å². The van der Waals surface area contributed by atoms with Gasteiger partial charge in [-0.2, -0.15) is 10.3 Å². The largest absolute Gasteiger partial charge is 0.382 e. The Hall–Kier alpha value is -3.18. The third kappa shape index (κ3) is 11.7. The van der Waals surface area contributed by atoms with Crippen LogP contribution in [0.1, 0.15) is 76.3 Å². The van der Waals surface area contributed by atoms with Crippen molar-refractivity contribution in [1.82, 2.24) is 10.4 Å². The number of nitrogens with zero attached hydrogens (tertiary/aromatic N) is 2. The van der Waals surface area contributed by atoms with Gasteiger partial charge in [-0.3, -0.25) is 9.59 Å². The standard InChI is InChI=1S/C27H39N3O5/c1-20(2)27(22(4)24-14-12-23(13-15-24)19-34-18-8-16-28)29-25(32)10-6-9-21(3)35-30(5)26(33)11-7-17-31/h12-15,17,20,22,27H,3,6-11,18-19H2,1-2,4-5H3,(H,29,32). The molecule has 0 spiro atoms. The zero-order valence-electron chi connectivity index (χ0n) is 21.4. The van der Waals surface area contributed by atoms with Crippen molar-refractivity contribution in [2.75, 3.05) is 13.7 Å². The number of hydrogen-bond acceptors (Lipinski definition) is 6. The minimum Gasteiger partial charge on any atom is -0.382 e. The second kappa shape index (κ2) is 16.4. The molecule has 0 bridgehead atoms. The van der Waals surface area contributed by atoms with E-state index in [1.807, 2.05) is 12.1 Å². The molecule has 0 saturated carbocycles. The van der Waals surface area contributed by atoms with Gasteiger partial charge in [-0.15, -0.1) is 0 Å². The average Bonchev–Trinajstić information content (AvgIpc) is 2.83. The van der Waals surface area contributed by atoms with E-state index in [-0.39, 0.29) is 42.5 Å². The predicted octanol–water partition coefficient (Wildman–Crippen LogP) is 4.41. The zero-order valence-corrected chi connectivity index (χ0v) is 21.4. The monoisotopic (exact) mass is 485 g/mol. The van der Waals surface area contributed by atoms with Crippen LogP contribution in [0.3, 0.4) is 0 Å². The second-order valence-corrected chi connectivity index (χ2v) is 8.91. The average molecular weight is 486 g/mol. The first-order chi connectivity index (χ1) is 16.7. The summed E-state index contributed by atoms with van der Waals surface area (Å²) in [7, 11) is 1.48. The molecule has 1 aromatic rings. The van der Waals surface area contributed by atoms with Gasteiger partial charge in [-0.25, -0.2) is 0 Å². The van der Waals surface area contributed by atoms with E-state index in [0.717, 1.165) is 16.2 Å². The number of rotatable bonds is 17. The van der Waals surface area contributed by atoms with Crippen LogP contribution in [0.25, 0.3) is 0 Å². The third-order valence-electron chi connectivity index (χ3n) is 5.67. The minimum atomic E-state index is -0.302. The minimum absolute atomic E-state index is 0.0266. The van der Waals surface area contributed by atoms with Crippen molar-refractivity contribution in [2.24, 2.45) is 5.92 Å². The molecule has 0 aliphatic heterocycles. The third-order valence-corrected chi connectivity index (χ3v) is 5.67. The summed E-state index contributed by atoms with van der Waals surface area (Å²) in [4.78, 5) is 40.2. The molecule has 2 amide bonds. The van der Waals surface area contributed by atoms with Crippen molar-refractivity contribution in [2.45, 2.75) is 77.9 Å². The highest BCUT2D eigenvalue weighted by Crippen LogP contribution is 2.25.